The summed E-state index contributed by atoms with van der Waals surface area (Å²) in [6.45, 7) is 3.64. The predicted octanol–water partition coefficient (Wildman–Crippen LogP) is 3.42. The minimum Gasteiger partial charge on any atom is -0.378 e. The zero-order chi connectivity index (χ0) is 22.3. The van der Waals surface area contributed by atoms with Crippen LogP contribution in [0.2, 0.25) is 0 Å². The SMILES string of the molecule is O=C(CCCc1ccc(F)cc1)N1CCC[C@H](c2ncccc2C(=O)N2CCOCC2)C1. The van der Waals surface area contributed by atoms with Gasteiger partial charge in [0.25, 0.3) is 5.91 Å². The number of carbonyl (C=O) groups excluding carboxylic acids is 2. The van der Waals surface area contributed by atoms with Crippen molar-refractivity contribution >= 4 is 11.8 Å². The number of nitrogens with zero attached hydrogens (tertiary/aromatic N) is 3. The summed E-state index contributed by atoms with van der Waals surface area (Å²) >= 11 is 0. The summed E-state index contributed by atoms with van der Waals surface area (Å²) in [4.78, 5) is 34.3. The topological polar surface area (TPSA) is 62.7 Å². The van der Waals surface area contributed by atoms with E-state index in [1.807, 2.05) is 15.9 Å². The number of hydrogen-bond acceptors (Lipinski definition) is 4. The molecule has 2 amide bonds. The molecular formula is C25H30FN3O3. The molecule has 2 aliphatic rings. The summed E-state index contributed by atoms with van der Waals surface area (Å²) in [5.74, 6) is -0.0517. The van der Waals surface area contributed by atoms with Crippen LogP contribution in [0.1, 0.15) is 53.2 Å². The van der Waals surface area contributed by atoms with Gasteiger partial charge in [-0.25, -0.2) is 4.39 Å². The number of aryl methyl sites for hydroxylation is 1. The van der Waals surface area contributed by atoms with Crippen molar-refractivity contribution in [3.63, 3.8) is 0 Å². The Hall–Kier alpha value is -2.80. The fraction of sp³-hybridized carbons (Fsp3) is 0.480. The molecule has 0 bridgehead atoms. The number of amides is 2. The molecule has 4 rings (SSSR count). The number of ether oxygens (including phenoxy) is 1. The zero-order valence-corrected chi connectivity index (χ0v) is 18.3. The van der Waals surface area contributed by atoms with Crippen molar-refractivity contribution in [3.05, 3.63) is 65.2 Å². The molecule has 2 fully saturated rings. The Morgan fingerprint density at radius 3 is 2.62 bits per heavy atom. The van der Waals surface area contributed by atoms with Crippen molar-refractivity contribution in [2.75, 3.05) is 39.4 Å². The molecule has 1 atom stereocenters. The van der Waals surface area contributed by atoms with Crippen LogP contribution in [0.15, 0.2) is 42.6 Å². The van der Waals surface area contributed by atoms with Gasteiger partial charge in [-0.3, -0.25) is 14.6 Å². The molecule has 0 radical (unpaired) electrons. The molecule has 0 N–H and O–H groups in total. The Kier molecular flexibility index (Phi) is 7.47. The van der Waals surface area contributed by atoms with Crippen LogP contribution in [0.25, 0.3) is 0 Å². The highest BCUT2D eigenvalue weighted by Gasteiger charge is 2.30. The second kappa shape index (κ2) is 10.7. The third-order valence-electron chi connectivity index (χ3n) is 6.30. The smallest absolute Gasteiger partial charge is 0.255 e. The first-order chi connectivity index (χ1) is 15.6. The van der Waals surface area contributed by atoms with Gasteiger partial charge in [0.2, 0.25) is 5.91 Å². The van der Waals surface area contributed by atoms with Crippen LogP contribution in [0.4, 0.5) is 4.39 Å². The molecular weight excluding hydrogens is 409 g/mol. The number of aromatic nitrogens is 1. The van der Waals surface area contributed by atoms with Gasteiger partial charge in [-0.15, -0.1) is 0 Å². The number of hydrogen-bond donors (Lipinski definition) is 0. The Morgan fingerprint density at radius 1 is 1.06 bits per heavy atom. The van der Waals surface area contributed by atoms with E-state index in [0.717, 1.165) is 43.5 Å². The number of likely N-dealkylation sites (tertiary alicyclic amines) is 1. The number of morpholine rings is 1. The monoisotopic (exact) mass is 439 g/mol. The lowest BCUT2D eigenvalue weighted by Crippen LogP contribution is -2.42. The van der Waals surface area contributed by atoms with Crippen molar-refractivity contribution in [1.82, 2.24) is 14.8 Å². The van der Waals surface area contributed by atoms with Gasteiger partial charge < -0.3 is 14.5 Å². The molecule has 170 valence electrons. The molecule has 6 nitrogen and oxygen atoms in total. The van der Waals surface area contributed by atoms with E-state index in [1.54, 1.807) is 24.4 Å². The molecule has 0 saturated carbocycles. The second-order valence-corrected chi connectivity index (χ2v) is 8.50. The van der Waals surface area contributed by atoms with Crippen LogP contribution in [0.3, 0.4) is 0 Å². The van der Waals surface area contributed by atoms with E-state index in [1.165, 1.54) is 12.1 Å². The van der Waals surface area contributed by atoms with Gasteiger partial charge in [0.05, 0.1) is 24.5 Å². The summed E-state index contributed by atoms with van der Waals surface area (Å²) in [6.07, 6.45) is 5.49. The van der Waals surface area contributed by atoms with E-state index in [4.69, 9.17) is 4.74 Å². The predicted molar refractivity (Wildman–Crippen MR) is 119 cm³/mol. The van der Waals surface area contributed by atoms with Crippen molar-refractivity contribution in [1.29, 1.82) is 0 Å². The largest absolute Gasteiger partial charge is 0.378 e. The van der Waals surface area contributed by atoms with Crippen molar-refractivity contribution in [2.45, 2.75) is 38.0 Å². The number of benzene rings is 1. The van der Waals surface area contributed by atoms with Crippen LogP contribution < -0.4 is 0 Å². The summed E-state index contributed by atoms with van der Waals surface area (Å²) in [5, 5.41) is 0. The highest BCUT2D eigenvalue weighted by Crippen LogP contribution is 2.29. The number of piperidine rings is 1. The lowest BCUT2D eigenvalue weighted by atomic mass is 9.90. The van der Waals surface area contributed by atoms with E-state index in [0.29, 0.717) is 44.8 Å². The second-order valence-electron chi connectivity index (χ2n) is 8.50. The molecule has 3 heterocycles. The van der Waals surface area contributed by atoms with E-state index < -0.39 is 0 Å². The molecule has 32 heavy (non-hydrogen) atoms. The molecule has 2 saturated heterocycles. The average Bonchev–Trinajstić information content (AvgIpc) is 2.85. The Morgan fingerprint density at radius 2 is 1.84 bits per heavy atom. The van der Waals surface area contributed by atoms with Gasteiger partial charge in [0.1, 0.15) is 5.82 Å². The fourth-order valence-corrected chi connectivity index (χ4v) is 4.54. The average molecular weight is 440 g/mol. The lowest BCUT2D eigenvalue weighted by molar-refractivity contribution is -0.132. The lowest BCUT2D eigenvalue weighted by Gasteiger charge is -2.34. The molecule has 0 unspecified atom stereocenters. The molecule has 0 spiro atoms. The molecule has 7 heteroatoms. The molecule has 1 aromatic heterocycles. The number of pyridine rings is 1. The van der Waals surface area contributed by atoms with Crippen molar-refractivity contribution in [3.8, 4) is 0 Å². The van der Waals surface area contributed by atoms with E-state index >= 15 is 0 Å². The van der Waals surface area contributed by atoms with Crippen molar-refractivity contribution < 1.29 is 18.7 Å². The maximum Gasteiger partial charge on any atom is 0.255 e. The van der Waals surface area contributed by atoms with Crippen molar-refractivity contribution in [2.24, 2.45) is 0 Å². The van der Waals surface area contributed by atoms with E-state index in [9.17, 15) is 14.0 Å². The van der Waals surface area contributed by atoms with Gasteiger partial charge >= 0.3 is 0 Å². The fourth-order valence-electron chi connectivity index (χ4n) is 4.54. The molecule has 1 aromatic carbocycles. The van der Waals surface area contributed by atoms with E-state index in [2.05, 4.69) is 4.98 Å². The normalized spacial score (nSPS) is 19.1. The quantitative estimate of drug-likeness (QED) is 0.692. The van der Waals surface area contributed by atoms with Gasteiger partial charge in [-0.1, -0.05) is 12.1 Å². The van der Waals surface area contributed by atoms with E-state index in [-0.39, 0.29) is 23.5 Å². The van der Waals surface area contributed by atoms with Crippen LogP contribution in [-0.4, -0.2) is 66.0 Å². The zero-order valence-electron chi connectivity index (χ0n) is 18.3. The van der Waals surface area contributed by atoms with Crippen LogP contribution in [0, 0.1) is 5.82 Å². The first kappa shape index (κ1) is 22.4. The Bertz CT molecular complexity index is 928. The first-order valence-electron chi connectivity index (χ1n) is 11.5. The Balaban J connectivity index is 1.36. The van der Waals surface area contributed by atoms with Crippen LogP contribution in [0.5, 0.6) is 0 Å². The highest BCUT2D eigenvalue weighted by molar-refractivity contribution is 5.95. The third-order valence-corrected chi connectivity index (χ3v) is 6.30. The highest BCUT2D eigenvalue weighted by atomic mass is 19.1. The molecule has 0 aliphatic carbocycles. The summed E-state index contributed by atoms with van der Waals surface area (Å²) < 4.78 is 18.4. The minimum absolute atomic E-state index is 0.000789. The maximum absolute atomic E-state index is 13.1. The summed E-state index contributed by atoms with van der Waals surface area (Å²) in [5.41, 5.74) is 2.48. The van der Waals surface area contributed by atoms with Crippen LogP contribution >= 0.6 is 0 Å². The van der Waals surface area contributed by atoms with Gasteiger partial charge in [0, 0.05) is 44.7 Å². The standard InChI is InChI=1S/C25H30FN3O3/c26-21-10-8-19(9-11-21)4-1-7-23(30)29-13-3-5-20(18-29)24-22(6-2-12-27-24)25(31)28-14-16-32-17-15-28/h2,6,8-12,20H,1,3-5,7,13-18H2/t20-/m0/s1. The summed E-state index contributed by atoms with van der Waals surface area (Å²) in [7, 11) is 0. The maximum atomic E-state index is 13.1. The summed E-state index contributed by atoms with van der Waals surface area (Å²) in [6, 6.07) is 10.1. The van der Waals surface area contributed by atoms with Gasteiger partial charge in [-0.2, -0.15) is 0 Å². The van der Waals surface area contributed by atoms with Gasteiger partial charge in [0.15, 0.2) is 0 Å². The number of carbonyl (C=O) groups is 2. The Labute approximate surface area is 188 Å². The molecule has 2 aliphatic heterocycles. The van der Waals surface area contributed by atoms with Crippen LogP contribution in [-0.2, 0) is 16.0 Å². The number of rotatable bonds is 6. The minimum atomic E-state index is -0.245. The third kappa shape index (κ3) is 5.51. The first-order valence-corrected chi connectivity index (χ1v) is 11.5. The molecule has 2 aromatic rings. The number of halogens is 1. The van der Waals surface area contributed by atoms with Gasteiger partial charge in [-0.05, 0) is 55.5 Å².